The molecule has 28 heavy (non-hydrogen) atoms. The summed E-state index contributed by atoms with van der Waals surface area (Å²) in [7, 11) is 0. The van der Waals surface area contributed by atoms with Crippen molar-refractivity contribution in [1.82, 2.24) is 15.0 Å². The van der Waals surface area contributed by atoms with Gasteiger partial charge >= 0.3 is 0 Å². The van der Waals surface area contributed by atoms with Crippen LogP contribution in [0.2, 0.25) is 0 Å². The second-order valence-electron chi connectivity index (χ2n) is 6.38. The Labute approximate surface area is 161 Å². The normalized spacial score (nSPS) is 17.1. The Balaban J connectivity index is 1.77. The molecule has 1 aromatic carbocycles. The van der Waals surface area contributed by atoms with Crippen molar-refractivity contribution in [3.8, 4) is 17.2 Å². The minimum absolute atomic E-state index is 0.173. The van der Waals surface area contributed by atoms with Crippen molar-refractivity contribution >= 4 is 22.6 Å². The van der Waals surface area contributed by atoms with Crippen LogP contribution in [-0.2, 0) is 9.53 Å². The maximum atomic E-state index is 12.2. The number of H-pyrrole nitrogens is 1. The topological polar surface area (TPSA) is 121 Å². The van der Waals surface area contributed by atoms with E-state index in [4.69, 9.17) is 10.5 Å². The summed E-state index contributed by atoms with van der Waals surface area (Å²) in [6, 6.07) is 9.54. The van der Waals surface area contributed by atoms with E-state index in [1.165, 1.54) is 18.6 Å². The molecular formula is C20H18N6O2. The van der Waals surface area contributed by atoms with Gasteiger partial charge in [-0.1, -0.05) is 12.1 Å². The molecule has 1 fully saturated rings. The fourth-order valence-electron chi connectivity index (χ4n) is 3.39. The van der Waals surface area contributed by atoms with E-state index in [0.717, 1.165) is 22.3 Å². The van der Waals surface area contributed by atoms with Crippen molar-refractivity contribution in [3.63, 3.8) is 0 Å². The van der Waals surface area contributed by atoms with Crippen molar-refractivity contribution in [2.75, 3.05) is 24.6 Å². The zero-order valence-corrected chi connectivity index (χ0v) is 15.0. The number of nitrogens with zero attached hydrogens (tertiary/aromatic N) is 4. The predicted molar refractivity (Wildman–Crippen MR) is 104 cm³/mol. The number of ketones is 1. The third-order valence-corrected chi connectivity index (χ3v) is 4.70. The van der Waals surface area contributed by atoms with Crippen molar-refractivity contribution in [3.05, 3.63) is 54.6 Å². The van der Waals surface area contributed by atoms with Gasteiger partial charge in [-0.3, -0.25) is 4.79 Å². The number of hydrogen-bond donors (Lipinski definition) is 2. The van der Waals surface area contributed by atoms with Crippen LogP contribution in [0.1, 0.15) is 5.56 Å². The second-order valence-corrected chi connectivity index (χ2v) is 6.38. The summed E-state index contributed by atoms with van der Waals surface area (Å²) >= 11 is 0. The molecule has 2 aromatic heterocycles. The number of nitrogens with one attached hydrogen (secondary N) is 1. The highest BCUT2D eigenvalue weighted by atomic mass is 16.5. The maximum absolute atomic E-state index is 12.2. The zero-order valence-electron chi connectivity index (χ0n) is 15.0. The molecule has 0 amide bonds. The highest BCUT2D eigenvalue weighted by Crippen LogP contribution is 2.34. The van der Waals surface area contributed by atoms with Crippen molar-refractivity contribution in [2.24, 2.45) is 5.73 Å². The number of anilines is 1. The quantitative estimate of drug-likeness (QED) is 0.667. The summed E-state index contributed by atoms with van der Waals surface area (Å²) < 4.78 is 5.60. The molecule has 0 radical (unpaired) electrons. The van der Waals surface area contributed by atoms with E-state index in [2.05, 4.69) is 21.0 Å². The van der Waals surface area contributed by atoms with Gasteiger partial charge in [-0.15, -0.1) is 0 Å². The first-order valence-corrected chi connectivity index (χ1v) is 8.82. The number of ether oxygens (including phenoxy) is 1. The fraction of sp³-hybridized carbons (Fsp3) is 0.200. The molecule has 0 aliphatic carbocycles. The second kappa shape index (κ2) is 7.50. The Kier molecular flexibility index (Phi) is 4.74. The van der Waals surface area contributed by atoms with Crippen LogP contribution in [0.25, 0.3) is 22.2 Å². The highest BCUT2D eigenvalue weighted by molar-refractivity contribution is 6.01. The van der Waals surface area contributed by atoms with Gasteiger partial charge in [0.25, 0.3) is 0 Å². The lowest BCUT2D eigenvalue weighted by molar-refractivity contribution is -0.126. The number of aromatic amines is 1. The molecule has 3 N–H and O–H groups in total. The molecule has 1 unspecified atom stereocenters. The number of benzene rings is 1. The predicted octanol–water partition coefficient (Wildman–Crippen LogP) is 1.74. The fourth-order valence-corrected chi connectivity index (χ4v) is 3.39. The first-order chi connectivity index (χ1) is 13.7. The van der Waals surface area contributed by atoms with Gasteiger partial charge in [0, 0.05) is 18.3 Å². The Morgan fingerprint density at radius 3 is 3.14 bits per heavy atom. The van der Waals surface area contributed by atoms with E-state index in [1.807, 2.05) is 29.3 Å². The lowest BCUT2D eigenvalue weighted by atomic mass is 10.0. The average molecular weight is 374 g/mol. The van der Waals surface area contributed by atoms with Gasteiger partial charge in [-0.25, -0.2) is 9.97 Å². The SMILES string of the molecule is N#Cc1cccc(-c2c[nH]c3ncnc(N4CCOC(C(=O)C=CN)C4)c23)c1. The van der Waals surface area contributed by atoms with Crippen molar-refractivity contribution in [1.29, 1.82) is 5.26 Å². The molecule has 4 rings (SSSR count). The molecule has 1 aliphatic rings. The number of carbonyl (C=O) groups is 1. The molecule has 1 aliphatic heterocycles. The first-order valence-electron chi connectivity index (χ1n) is 8.82. The molecule has 3 heterocycles. The lowest BCUT2D eigenvalue weighted by Crippen LogP contribution is -2.46. The standard InChI is InChI=1S/C20H18N6O2/c21-5-4-16(27)17-11-26(6-7-28-17)20-18-15(10-23-19(18)24-12-25-20)14-3-1-2-13(8-14)9-22/h1-5,8,10,12,17H,6-7,11,21H2,(H,23,24,25). The molecule has 140 valence electrons. The number of carbonyl (C=O) groups excluding carboxylic acids is 1. The van der Waals surface area contributed by atoms with Gasteiger partial charge in [0.15, 0.2) is 5.78 Å². The van der Waals surface area contributed by atoms with Crippen molar-refractivity contribution < 1.29 is 9.53 Å². The number of hydrogen-bond acceptors (Lipinski definition) is 7. The molecule has 8 nitrogen and oxygen atoms in total. The van der Waals surface area contributed by atoms with E-state index in [0.29, 0.717) is 30.9 Å². The summed E-state index contributed by atoms with van der Waals surface area (Å²) in [5.74, 6) is 0.551. The number of morpholine rings is 1. The first kappa shape index (κ1) is 17.7. The van der Waals surface area contributed by atoms with Crippen LogP contribution in [0.3, 0.4) is 0 Å². The summed E-state index contributed by atoms with van der Waals surface area (Å²) in [4.78, 5) is 26.2. The molecule has 0 saturated carbocycles. The van der Waals surface area contributed by atoms with E-state index in [-0.39, 0.29) is 5.78 Å². The molecule has 3 aromatic rings. The Bertz CT molecular complexity index is 1100. The third kappa shape index (κ3) is 3.19. The summed E-state index contributed by atoms with van der Waals surface area (Å²) in [6.45, 7) is 1.38. The summed E-state index contributed by atoms with van der Waals surface area (Å²) in [6.07, 6.45) is 5.30. The molecule has 1 saturated heterocycles. The van der Waals surface area contributed by atoms with E-state index in [1.54, 1.807) is 6.07 Å². The van der Waals surface area contributed by atoms with Crippen LogP contribution < -0.4 is 10.6 Å². The monoisotopic (exact) mass is 374 g/mol. The van der Waals surface area contributed by atoms with Crippen LogP contribution in [0.15, 0.2) is 49.1 Å². The van der Waals surface area contributed by atoms with E-state index >= 15 is 0 Å². The number of fused-ring (bicyclic) bond motifs is 1. The minimum atomic E-state index is -0.595. The lowest BCUT2D eigenvalue weighted by Gasteiger charge is -2.33. The Morgan fingerprint density at radius 2 is 2.32 bits per heavy atom. The van der Waals surface area contributed by atoms with Crippen molar-refractivity contribution in [2.45, 2.75) is 6.10 Å². The highest BCUT2D eigenvalue weighted by Gasteiger charge is 2.28. The van der Waals surface area contributed by atoms with Gasteiger partial charge in [0.1, 0.15) is 23.9 Å². The smallest absolute Gasteiger partial charge is 0.187 e. The number of nitriles is 1. The number of nitrogens with two attached hydrogens (primary N) is 1. The van der Waals surface area contributed by atoms with Gasteiger partial charge in [0.2, 0.25) is 0 Å². The minimum Gasteiger partial charge on any atom is -0.404 e. The maximum Gasteiger partial charge on any atom is 0.187 e. The van der Waals surface area contributed by atoms with Crippen LogP contribution in [-0.4, -0.2) is 46.5 Å². The third-order valence-electron chi connectivity index (χ3n) is 4.70. The molecule has 1 atom stereocenters. The van der Waals surface area contributed by atoms with E-state index < -0.39 is 6.10 Å². The Hall–Kier alpha value is -3.70. The van der Waals surface area contributed by atoms with E-state index in [9.17, 15) is 10.1 Å². The van der Waals surface area contributed by atoms with Gasteiger partial charge in [-0.05, 0) is 30.0 Å². The van der Waals surface area contributed by atoms with Gasteiger partial charge in [0.05, 0.1) is 30.2 Å². The van der Waals surface area contributed by atoms with Crippen LogP contribution >= 0.6 is 0 Å². The molecule has 8 heteroatoms. The number of aromatic nitrogens is 3. The zero-order chi connectivity index (χ0) is 19.5. The largest absolute Gasteiger partial charge is 0.404 e. The van der Waals surface area contributed by atoms with Gasteiger partial charge in [-0.2, -0.15) is 5.26 Å². The molecular weight excluding hydrogens is 356 g/mol. The summed E-state index contributed by atoms with van der Waals surface area (Å²) in [5, 5.41) is 10.1. The van der Waals surface area contributed by atoms with Crippen LogP contribution in [0.4, 0.5) is 5.82 Å². The summed E-state index contributed by atoms with van der Waals surface area (Å²) in [5.41, 5.74) is 8.40. The average Bonchev–Trinajstić information content (AvgIpc) is 3.18. The van der Waals surface area contributed by atoms with Gasteiger partial charge < -0.3 is 20.4 Å². The Morgan fingerprint density at radius 1 is 1.43 bits per heavy atom. The van der Waals surface area contributed by atoms with Crippen LogP contribution in [0, 0.1) is 11.3 Å². The van der Waals surface area contributed by atoms with Crippen LogP contribution in [0.5, 0.6) is 0 Å². The molecule has 0 bridgehead atoms. The molecule has 0 spiro atoms. The number of rotatable bonds is 4.